The Kier molecular flexibility index (Phi) is 4.42. The first kappa shape index (κ1) is 13.4. The summed E-state index contributed by atoms with van der Waals surface area (Å²) in [5.74, 6) is -0.542. The molecule has 0 radical (unpaired) electrons. The first-order valence-corrected chi connectivity index (χ1v) is 6.22. The molecule has 0 bridgehead atoms. The largest absolute Gasteiger partial charge is 0.478 e. The fraction of sp³-hybridized carbons (Fsp3) is 0.133. The molecule has 0 aliphatic carbocycles. The van der Waals surface area contributed by atoms with Crippen molar-refractivity contribution in [2.75, 3.05) is 0 Å². The fourth-order valence-electron chi connectivity index (χ4n) is 1.71. The highest BCUT2D eigenvalue weighted by Crippen LogP contribution is 2.19. The fourth-order valence-corrected chi connectivity index (χ4v) is 1.89. The number of ether oxygens (including phenoxy) is 1. The zero-order chi connectivity index (χ0) is 13.7. The van der Waals surface area contributed by atoms with E-state index in [1.54, 1.807) is 24.3 Å². The lowest BCUT2D eigenvalue weighted by Crippen LogP contribution is -2.29. The van der Waals surface area contributed by atoms with Gasteiger partial charge in [0.1, 0.15) is 5.75 Å². The Morgan fingerprint density at radius 3 is 2.53 bits per heavy atom. The lowest BCUT2D eigenvalue weighted by molar-refractivity contribution is -0.145. The summed E-state index contributed by atoms with van der Waals surface area (Å²) >= 11 is 5.84. The average Bonchev–Trinajstić information content (AvgIpc) is 2.39. The van der Waals surface area contributed by atoms with Crippen molar-refractivity contribution in [3.8, 4) is 5.75 Å². The van der Waals surface area contributed by atoms with Crippen molar-refractivity contribution in [2.24, 2.45) is 0 Å². The van der Waals surface area contributed by atoms with E-state index in [1.807, 2.05) is 30.3 Å². The van der Waals surface area contributed by atoms with Gasteiger partial charge in [-0.15, -0.1) is 0 Å². The second-order valence-electron chi connectivity index (χ2n) is 4.09. The SMILES string of the molecule is O=C(O)C(Cc1ccccc1)Oc1cccc(Cl)c1. The predicted molar refractivity (Wildman–Crippen MR) is 73.6 cm³/mol. The maximum Gasteiger partial charge on any atom is 0.345 e. The number of carbonyl (C=O) groups is 1. The van der Waals surface area contributed by atoms with Gasteiger partial charge in [0.25, 0.3) is 0 Å². The van der Waals surface area contributed by atoms with Gasteiger partial charge in [-0.1, -0.05) is 48.0 Å². The van der Waals surface area contributed by atoms with Crippen LogP contribution in [0.25, 0.3) is 0 Å². The summed E-state index contributed by atoms with van der Waals surface area (Å²) in [4.78, 5) is 11.2. The molecule has 0 aromatic heterocycles. The number of carboxylic acid groups (broad SMARTS) is 1. The minimum Gasteiger partial charge on any atom is -0.478 e. The number of benzene rings is 2. The lowest BCUT2D eigenvalue weighted by Gasteiger charge is -2.15. The molecule has 4 heteroatoms. The Morgan fingerprint density at radius 2 is 1.89 bits per heavy atom. The number of hydrogen-bond acceptors (Lipinski definition) is 2. The minimum atomic E-state index is -0.996. The second kappa shape index (κ2) is 6.25. The second-order valence-corrected chi connectivity index (χ2v) is 4.53. The molecule has 0 heterocycles. The molecular formula is C15H13ClO3. The van der Waals surface area contributed by atoms with Crippen LogP contribution in [0.4, 0.5) is 0 Å². The zero-order valence-electron chi connectivity index (χ0n) is 10.1. The van der Waals surface area contributed by atoms with Crippen LogP contribution >= 0.6 is 11.6 Å². The van der Waals surface area contributed by atoms with E-state index in [9.17, 15) is 9.90 Å². The predicted octanol–water partition coefficient (Wildman–Crippen LogP) is 3.41. The highest BCUT2D eigenvalue weighted by atomic mass is 35.5. The Labute approximate surface area is 116 Å². The standard InChI is InChI=1S/C15H13ClO3/c16-12-7-4-8-13(10-12)19-14(15(17)18)9-11-5-2-1-3-6-11/h1-8,10,14H,9H2,(H,17,18). The van der Waals surface area contributed by atoms with Crippen LogP contribution in [0.5, 0.6) is 5.75 Å². The third kappa shape index (κ3) is 4.00. The maximum atomic E-state index is 11.2. The molecular weight excluding hydrogens is 264 g/mol. The third-order valence-corrected chi connectivity index (χ3v) is 2.85. The summed E-state index contributed by atoms with van der Waals surface area (Å²) in [6.45, 7) is 0. The van der Waals surface area contributed by atoms with Gasteiger partial charge in [-0.3, -0.25) is 0 Å². The summed E-state index contributed by atoms with van der Waals surface area (Å²) in [5.41, 5.74) is 0.914. The number of aliphatic carboxylic acids is 1. The molecule has 0 aliphatic rings. The summed E-state index contributed by atoms with van der Waals surface area (Å²) in [6.07, 6.45) is -0.622. The van der Waals surface area contributed by atoms with Crippen LogP contribution in [-0.2, 0) is 11.2 Å². The first-order chi connectivity index (χ1) is 9.15. The molecule has 0 spiro atoms. The van der Waals surface area contributed by atoms with E-state index >= 15 is 0 Å². The zero-order valence-corrected chi connectivity index (χ0v) is 10.9. The molecule has 0 saturated heterocycles. The van der Waals surface area contributed by atoms with Gasteiger partial charge in [0, 0.05) is 11.4 Å². The van der Waals surface area contributed by atoms with E-state index in [1.165, 1.54) is 0 Å². The van der Waals surface area contributed by atoms with Gasteiger partial charge in [0.15, 0.2) is 6.10 Å². The number of rotatable bonds is 5. The van der Waals surface area contributed by atoms with E-state index in [0.717, 1.165) is 5.56 Å². The van der Waals surface area contributed by atoms with Crippen molar-refractivity contribution >= 4 is 17.6 Å². The van der Waals surface area contributed by atoms with Gasteiger partial charge in [-0.25, -0.2) is 4.79 Å². The highest BCUT2D eigenvalue weighted by molar-refractivity contribution is 6.30. The normalized spacial score (nSPS) is 11.8. The van der Waals surface area contributed by atoms with Gasteiger partial charge in [0.2, 0.25) is 0 Å². The van der Waals surface area contributed by atoms with Crippen LogP contribution in [0.15, 0.2) is 54.6 Å². The van der Waals surface area contributed by atoms with Crippen LogP contribution in [-0.4, -0.2) is 17.2 Å². The molecule has 1 N–H and O–H groups in total. The van der Waals surface area contributed by atoms with E-state index < -0.39 is 12.1 Å². The van der Waals surface area contributed by atoms with E-state index in [2.05, 4.69) is 0 Å². The smallest absolute Gasteiger partial charge is 0.345 e. The Bertz CT molecular complexity index is 554. The Hall–Kier alpha value is -2.00. The molecule has 2 rings (SSSR count). The minimum absolute atomic E-state index is 0.308. The third-order valence-electron chi connectivity index (χ3n) is 2.61. The van der Waals surface area contributed by atoms with Crippen LogP contribution in [0.1, 0.15) is 5.56 Å². The van der Waals surface area contributed by atoms with Crippen molar-refractivity contribution in [2.45, 2.75) is 12.5 Å². The van der Waals surface area contributed by atoms with Gasteiger partial charge in [-0.2, -0.15) is 0 Å². The lowest BCUT2D eigenvalue weighted by atomic mass is 10.1. The van der Waals surface area contributed by atoms with Crippen molar-refractivity contribution in [1.82, 2.24) is 0 Å². The van der Waals surface area contributed by atoms with Gasteiger partial charge >= 0.3 is 5.97 Å². The molecule has 2 aromatic carbocycles. The summed E-state index contributed by atoms with van der Waals surface area (Å²) in [7, 11) is 0. The molecule has 98 valence electrons. The Morgan fingerprint density at radius 1 is 1.16 bits per heavy atom. The summed E-state index contributed by atoms with van der Waals surface area (Å²) in [5, 5.41) is 9.72. The molecule has 1 atom stereocenters. The molecule has 1 unspecified atom stereocenters. The number of halogens is 1. The van der Waals surface area contributed by atoms with Gasteiger partial charge < -0.3 is 9.84 Å². The molecule has 0 saturated carbocycles. The number of carboxylic acids is 1. The van der Waals surface area contributed by atoms with Gasteiger partial charge in [-0.05, 0) is 23.8 Å². The van der Waals surface area contributed by atoms with Crippen molar-refractivity contribution in [3.05, 3.63) is 65.2 Å². The summed E-state index contributed by atoms with van der Waals surface area (Å²) < 4.78 is 5.48. The molecule has 0 amide bonds. The summed E-state index contributed by atoms with van der Waals surface area (Å²) in [6, 6.07) is 16.1. The van der Waals surface area contributed by atoms with Gasteiger partial charge in [0.05, 0.1) is 0 Å². The highest BCUT2D eigenvalue weighted by Gasteiger charge is 2.20. The molecule has 0 aliphatic heterocycles. The number of hydrogen-bond donors (Lipinski definition) is 1. The van der Waals surface area contributed by atoms with E-state index in [4.69, 9.17) is 16.3 Å². The average molecular weight is 277 g/mol. The quantitative estimate of drug-likeness (QED) is 0.910. The van der Waals surface area contributed by atoms with Crippen molar-refractivity contribution < 1.29 is 14.6 Å². The van der Waals surface area contributed by atoms with E-state index in [-0.39, 0.29) is 0 Å². The monoisotopic (exact) mass is 276 g/mol. The molecule has 2 aromatic rings. The van der Waals surface area contributed by atoms with Crippen molar-refractivity contribution in [3.63, 3.8) is 0 Å². The molecule has 19 heavy (non-hydrogen) atoms. The Balaban J connectivity index is 2.11. The molecule has 0 fully saturated rings. The van der Waals surface area contributed by atoms with Crippen LogP contribution in [0.3, 0.4) is 0 Å². The van der Waals surface area contributed by atoms with Crippen LogP contribution in [0.2, 0.25) is 5.02 Å². The van der Waals surface area contributed by atoms with Crippen LogP contribution < -0.4 is 4.74 Å². The van der Waals surface area contributed by atoms with Crippen LogP contribution in [0, 0.1) is 0 Å². The van der Waals surface area contributed by atoms with Crippen molar-refractivity contribution in [1.29, 1.82) is 0 Å². The topological polar surface area (TPSA) is 46.5 Å². The molecule has 3 nitrogen and oxygen atoms in total. The maximum absolute atomic E-state index is 11.2. The first-order valence-electron chi connectivity index (χ1n) is 5.84. The van der Waals surface area contributed by atoms with E-state index in [0.29, 0.717) is 17.2 Å².